The molecule has 0 spiro atoms. The second-order valence-corrected chi connectivity index (χ2v) is 4.96. The number of aliphatic imine (C=N–C) groups is 1. The minimum atomic E-state index is 0.0655. The summed E-state index contributed by atoms with van der Waals surface area (Å²) in [5, 5.41) is 6.25. The van der Waals surface area contributed by atoms with Gasteiger partial charge in [0.2, 0.25) is 5.91 Å². The fourth-order valence-electron chi connectivity index (χ4n) is 1.85. The maximum atomic E-state index is 11.5. The molecule has 0 atom stereocenters. The predicted molar refractivity (Wildman–Crippen MR) is 92.5 cm³/mol. The summed E-state index contributed by atoms with van der Waals surface area (Å²) in [6.07, 6.45) is 0.403. The molecule has 0 heterocycles. The molecule has 0 aliphatic carbocycles. The Morgan fingerprint density at radius 2 is 2.04 bits per heavy atom. The van der Waals surface area contributed by atoms with Gasteiger partial charge in [-0.15, -0.1) is 0 Å². The fourth-order valence-corrected chi connectivity index (χ4v) is 1.85. The third-order valence-corrected chi connectivity index (χ3v) is 3.08. The quantitative estimate of drug-likeness (QED) is 0.588. The zero-order chi connectivity index (χ0) is 17.2. The van der Waals surface area contributed by atoms with E-state index in [1.165, 1.54) is 0 Å². The average Bonchev–Trinajstić information content (AvgIpc) is 2.54. The highest BCUT2D eigenvalue weighted by atomic mass is 16.5. The summed E-state index contributed by atoms with van der Waals surface area (Å²) in [5.74, 6) is 1.99. The van der Waals surface area contributed by atoms with E-state index < -0.39 is 0 Å². The lowest BCUT2D eigenvalue weighted by Crippen LogP contribution is -2.34. The molecule has 7 heteroatoms. The van der Waals surface area contributed by atoms with Gasteiger partial charge in [-0.25, -0.2) is 0 Å². The number of anilines is 1. The number of carbonyl (C=O) groups is 1. The van der Waals surface area contributed by atoms with Gasteiger partial charge in [0.05, 0.1) is 13.7 Å². The third kappa shape index (κ3) is 6.06. The van der Waals surface area contributed by atoms with Gasteiger partial charge in [0, 0.05) is 45.9 Å². The van der Waals surface area contributed by atoms with E-state index in [0.29, 0.717) is 37.0 Å². The molecular formula is C16H26N4O3. The van der Waals surface area contributed by atoms with Crippen molar-refractivity contribution in [2.24, 2.45) is 4.99 Å². The summed E-state index contributed by atoms with van der Waals surface area (Å²) in [5.41, 5.74) is 0.817. The molecule has 23 heavy (non-hydrogen) atoms. The van der Waals surface area contributed by atoms with Crippen molar-refractivity contribution in [3.8, 4) is 11.5 Å². The second kappa shape index (κ2) is 9.55. The fraction of sp³-hybridized carbons (Fsp3) is 0.500. The highest BCUT2D eigenvalue weighted by molar-refractivity contribution is 5.94. The highest BCUT2D eigenvalue weighted by Gasteiger charge is 2.08. The summed E-state index contributed by atoms with van der Waals surface area (Å²) in [4.78, 5) is 17.3. The average molecular weight is 322 g/mol. The Morgan fingerprint density at radius 3 is 2.61 bits per heavy atom. The Kier molecular flexibility index (Phi) is 7.73. The lowest BCUT2D eigenvalue weighted by molar-refractivity contribution is -0.128. The summed E-state index contributed by atoms with van der Waals surface area (Å²) in [6.45, 7) is 3.00. The molecule has 1 aromatic carbocycles. The van der Waals surface area contributed by atoms with Crippen LogP contribution in [-0.4, -0.2) is 58.2 Å². The van der Waals surface area contributed by atoms with Crippen LogP contribution < -0.4 is 20.1 Å². The molecule has 0 radical (unpaired) electrons. The maximum absolute atomic E-state index is 11.5. The molecule has 0 saturated heterocycles. The minimum absolute atomic E-state index is 0.0655. The van der Waals surface area contributed by atoms with Crippen molar-refractivity contribution in [2.45, 2.75) is 13.3 Å². The van der Waals surface area contributed by atoms with Gasteiger partial charge in [0.1, 0.15) is 0 Å². The van der Waals surface area contributed by atoms with Gasteiger partial charge in [-0.2, -0.15) is 0 Å². The molecule has 0 aromatic heterocycles. The van der Waals surface area contributed by atoms with Crippen molar-refractivity contribution >= 4 is 17.6 Å². The number of amides is 1. The van der Waals surface area contributed by atoms with Crippen LogP contribution in [0.15, 0.2) is 23.2 Å². The van der Waals surface area contributed by atoms with Gasteiger partial charge in [-0.1, -0.05) is 0 Å². The molecule has 0 bridgehead atoms. The van der Waals surface area contributed by atoms with Gasteiger partial charge in [0.15, 0.2) is 17.5 Å². The first-order valence-electron chi connectivity index (χ1n) is 7.50. The van der Waals surface area contributed by atoms with Gasteiger partial charge >= 0.3 is 0 Å². The topological polar surface area (TPSA) is 75.2 Å². The maximum Gasteiger partial charge on any atom is 0.223 e. The van der Waals surface area contributed by atoms with Crippen LogP contribution in [0.25, 0.3) is 0 Å². The standard InChI is InChI=1S/C16H26N4O3/c1-6-23-13-8-7-12(11-14(13)22-5)19-16(17-2)18-10-9-15(21)20(3)4/h7-8,11H,6,9-10H2,1-5H3,(H2,17,18,19). The van der Waals surface area contributed by atoms with E-state index in [1.807, 2.05) is 25.1 Å². The third-order valence-electron chi connectivity index (χ3n) is 3.08. The van der Waals surface area contributed by atoms with Crippen LogP contribution in [0.2, 0.25) is 0 Å². The Balaban J connectivity index is 2.63. The molecule has 0 saturated carbocycles. The SMILES string of the molecule is CCOc1ccc(NC(=NC)NCCC(=O)N(C)C)cc1OC. The van der Waals surface area contributed by atoms with Gasteiger partial charge in [-0.05, 0) is 19.1 Å². The van der Waals surface area contributed by atoms with Crippen LogP contribution >= 0.6 is 0 Å². The zero-order valence-electron chi connectivity index (χ0n) is 14.5. The number of rotatable bonds is 7. The number of nitrogens with one attached hydrogen (secondary N) is 2. The van der Waals surface area contributed by atoms with E-state index in [0.717, 1.165) is 5.69 Å². The molecule has 1 amide bonds. The lowest BCUT2D eigenvalue weighted by Gasteiger charge is -2.15. The highest BCUT2D eigenvalue weighted by Crippen LogP contribution is 2.30. The van der Waals surface area contributed by atoms with Crippen LogP contribution in [0.5, 0.6) is 11.5 Å². The lowest BCUT2D eigenvalue weighted by atomic mass is 10.2. The van der Waals surface area contributed by atoms with E-state index in [1.54, 1.807) is 33.2 Å². The number of nitrogens with zero attached hydrogens (tertiary/aromatic N) is 2. The number of benzene rings is 1. The number of hydrogen-bond acceptors (Lipinski definition) is 4. The molecule has 0 fully saturated rings. The van der Waals surface area contributed by atoms with Crippen molar-refractivity contribution in [1.29, 1.82) is 0 Å². The molecule has 1 aromatic rings. The smallest absolute Gasteiger partial charge is 0.223 e. The summed E-state index contributed by atoms with van der Waals surface area (Å²) in [7, 11) is 6.75. The Labute approximate surface area is 137 Å². The van der Waals surface area contributed by atoms with Crippen LogP contribution in [0, 0.1) is 0 Å². The van der Waals surface area contributed by atoms with Gasteiger partial charge in [-0.3, -0.25) is 9.79 Å². The normalized spacial score (nSPS) is 10.9. The Bertz CT molecular complexity index is 544. The van der Waals surface area contributed by atoms with E-state index in [2.05, 4.69) is 15.6 Å². The molecule has 7 nitrogen and oxygen atoms in total. The molecule has 0 aliphatic heterocycles. The Morgan fingerprint density at radius 1 is 1.30 bits per heavy atom. The van der Waals surface area contributed by atoms with Gasteiger partial charge in [0.25, 0.3) is 0 Å². The largest absolute Gasteiger partial charge is 0.493 e. The first-order chi connectivity index (χ1) is 11.0. The Hall–Kier alpha value is -2.44. The molecular weight excluding hydrogens is 296 g/mol. The first kappa shape index (κ1) is 18.6. The first-order valence-corrected chi connectivity index (χ1v) is 7.50. The van der Waals surface area contributed by atoms with Crippen molar-refractivity contribution in [2.75, 3.05) is 46.7 Å². The molecule has 2 N–H and O–H groups in total. The predicted octanol–water partition coefficient (Wildman–Crippen LogP) is 1.56. The molecule has 1 rings (SSSR count). The number of methoxy groups -OCH3 is 1. The number of carbonyl (C=O) groups excluding carboxylic acids is 1. The molecule has 128 valence electrons. The van der Waals surface area contributed by atoms with Crippen molar-refractivity contribution < 1.29 is 14.3 Å². The minimum Gasteiger partial charge on any atom is -0.493 e. The van der Waals surface area contributed by atoms with E-state index in [4.69, 9.17) is 9.47 Å². The monoisotopic (exact) mass is 322 g/mol. The van der Waals surface area contributed by atoms with Crippen LogP contribution in [-0.2, 0) is 4.79 Å². The van der Waals surface area contributed by atoms with E-state index in [9.17, 15) is 4.79 Å². The van der Waals surface area contributed by atoms with Crippen LogP contribution in [0.4, 0.5) is 5.69 Å². The second-order valence-electron chi connectivity index (χ2n) is 4.96. The van der Waals surface area contributed by atoms with Crippen molar-refractivity contribution in [1.82, 2.24) is 10.2 Å². The summed E-state index contributed by atoms with van der Waals surface area (Å²) >= 11 is 0. The van der Waals surface area contributed by atoms with Gasteiger partial charge < -0.3 is 25.0 Å². The molecule has 0 aliphatic rings. The number of guanidine groups is 1. The number of hydrogen-bond donors (Lipinski definition) is 2. The van der Waals surface area contributed by atoms with Crippen LogP contribution in [0.3, 0.4) is 0 Å². The summed E-state index contributed by atoms with van der Waals surface area (Å²) < 4.78 is 10.8. The van der Waals surface area contributed by atoms with E-state index in [-0.39, 0.29) is 5.91 Å². The van der Waals surface area contributed by atoms with Crippen LogP contribution in [0.1, 0.15) is 13.3 Å². The number of ether oxygens (including phenoxy) is 2. The van der Waals surface area contributed by atoms with Crippen molar-refractivity contribution in [3.63, 3.8) is 0 Å². The summed E-state index contributed by atoms with van der Waals surface area (Å²) in [6, 6.07) is 5.56. The zero-order valence-corrected chi connectivity index (χ0v) is 14.5. The molecule has 0 unspecified atom stereocenters. The van der Waals surface area contributed by atoms with Crippen molar-refractivity contribution in [3.05, 3.63) is 18.2 Å². The van der Waals surface area contributed by atoms with E-state index >= 15 is 0 Å².